The maximum absolute atomic E-state index is 12.0. The van der Waals surface area contributed by atoms with E-state index >= 15 is 0 Å². The second kappa shape index (κ2) is 28.1. The third kappa shape index (κ3) is 25.5. The van der Waals surface area contributed by atoms with Crippen LogP contribution >= 0.6 is 0 Å². The van der Waals surface area contributed by atoms with Crippen LogP contribution in [0.5, 0.6) is 0 Å². The number of carbonyl (C=O) groups is 2. The first-order chi connectivity index (χ1) is 16.7. The average Bonchev–Trinajstić information content (AvgIpc) is 2.84. The summed E-state index contributed by atoms with van der Waals surface area (Å²) in [6.07, 6.45) is 26.7. The molecule has 0 saturated heterocycles. The van der Waals surface area contributed by atoms with Crippen molar-refractivity contribution in [1.82, 2.24) is 10.2 Å². The molecule has 0 aromatic rings. The zero-order chi connectivity index (χ0) is 25.0. The van der Waals surface area contributed by atoms with Crippen LogP contribution in [0, 0.1) is 0 Å². The van der Waals surface area contributed by atoms with Crippen LogP contribution in [-0.2, 0) is 14.3 Å². The molecule has 0 saturated carbocycles. The molecule has 0 rings (SSSR count). The second-order valence-electron chi connectivity index (χ2n) is 9.90. The summed E-state index contributed by atoms with van der Waals surface area (Å²) in [6.45, 7) is 7.16. The van der Waals surface area contributed by atoms with Gasteiger partial charge in [0.2, 0.25) is 12.3 Å². The highest BCUT2D eigenvalue weighted by molar-refractivity contribution is 5.79. The maximum Gasteiger partial charge on any atom is 0.239 e. The van der Waals surface area contributed by atoms with Gasteiger partial charge in [0, 0.05) is 19.7 Å². The van der Waals surface area contributed by atoms with Crippen molar-refractivity contribution in [2.75, 3.05) is 32.8 Å². The van der Waals surface area contributed by atoms with E-state index in [4.69, 9.17) is 4.74 Å². The molecule has 0 radical (unpaired) electrons. The molecule has 202 valence electrons. The maximum atomic E-state index is 12.0. The molecule has 0 heterocycles. The third-order valence-corrected chi connectivity index (χ3v) is 6.51. The Labute approximate surface area is 212 Å². The minimum absolute atomic E-state index is 0.0956. The molecule has 34 heavy (non-hydrogen) atoms. The first kappa shape index (κ1) is 32.9. The van der Waals surface area contributed by atoms with E-state index in [1.165, 1.54) is 109 Å². The van der Waals surface area contributed by atoms with Gasteiger partial charge in [-0.15, -0.1) is 0 Å². The summed E-state index contributed by atoms with van der Waals surface area (Å²) in [7, 11) is 0. The number of carbonyl (C=O) groups excluding carboxylic acids is 2. The Morgan fingerprint density at radius 3 is 1.56 bits per heavy atom. The summed E-state index contributed by atoms with van der Waals surface area (Å²) in [4.78, 5) is 24.9. The van der Waals surface area contributed by atoms with Gasteiger partial charge in [0.15, 0.2) is 0 Å². The lowest BCUT2D eigenvalue weighted by molar-refractivity contribution is -0.128. The molecule has 0 aliphatic rings. The lowest BCUT2D eigenvalue weighted by Gasteiger charge is -2.16. The summed E-state index contributed by atoms with van der Waals surface area (Å²) in [6, 6.07) is 0. The lowest BCUT2D eigenvalue weighted by Crippen LogP contribution is -2.38. The predicted molar refractivity (Wildman–Crippen MR) is 145 cm³/mol. The molecule has 0 atom stereocenters. The van der Waals surface area contributed by atoms with Crippen molar-refractivity contribution in [2.45, 2.75) is 142 Å². The summed E-state index contributed by atoms with van der Waals surface area (Å²) in [5.74, 6) is -0.0956. The number of ether oxygens (including phenoxy) is 1. The largest absolute Gasteiger partial charge is 0.380 e. The third-order valence-electron chi connectivity index (χ3n) is 6.51. The topological polar surface area (TPSA) is 58.6 Å². The molecule has 1 N–H and O–H groups in total. The zero-order valence-electron chi connectivity index (χ0n) is 22.9. The van der Waals surface area contributed by atoms with Gasteiger partial charge in [0.1, 0.15) is 0 Å². The fourth-order valence-corrected chi connectivity index (χ4v) is 4.27. The van der Waals surface area contributed by atoms with E-state index in [2.05, 4.69) is 19.2 Å². The monoisotopic (exact) mass is 482 g/mol. The van der Waals surface area contributed by atoms with Crippen molar-refractivity contribution in [2.24, 2.45) is 0 Å². The fraction of sp³-hybridized carbons (Fsp3) is 0.931. The molecule has 0 aromatic carbocycles. The Morgan fingerprint density at radius 2 is 1.09 bits per heavy atom. The van der Waals surface area contributed by atoms with Gasteiger partial charge in [-0.05, 0) is 12.8 Å². The van der Waals surface area contributed by atoms with Crippen LogP contribution in [0.3, 0.4) is 0 Å². The molecule has 5 nitrogen and oxygen atoms in total. The van der Waals surface area contributed by atoms with E-state index in [1.807, 2.05) is 0 Å². The SMILES string of the molecule is CCCCCCCCCCCCOCCNC(=O)CN(C=O)CCCCCCCCCCCC. The summed E-state index contributed by atoms with van der Waals surface area (Å²) < 4.78 is 5.63. The van der Waals surface area contributed by atoms with Crippen LogP contribution in [0.4, 0.5) is 0 Å². The van der Waals surface area contributed by atoms with E-state index in [9.17, 15) is 9.59 Å². The zero-order valence-corrected chi connectivity index (χ0v) is 22.9. The molecule has 0 bridgehead atoms. The van der Waals surface area contributed by atoms with Crippen molar-refractivity contribution >= 4 is 12.3 Å². The molecule has 2 amide bonds. The number of nitrogens with zero attached hydrogens (tertiary/aromatic N) is 1. The molecule has 0 aromatic heterocycles. The summed E-state index contributed by atoms with van der Waals surface area (Å²) in [5.41, 5.74) is 0. The minimum Gasteiger partial charge on any atom is -0.380 e. The quantitative estimate of drug-likeness (QED) is 0.0932. The van der Waals surface area contributed by atoms with Gasteiger partial charge >= 0.3 is 0 Å². The number of hydrogen-bond acceptors (Lipinski definition) is 3. The van der Waals surface area contributed by atoms with Gasteiger partial charge in [-0.2, -0.15) is 0 Å². The standard InChI is InChI=1S/C29H58N2O3/c1-3-5-7-9-11-13-15-17-19-21-24-31(28-32)27-29(33)30-23-26-34-25-22-20-18-16-14-12-10-8-6-4-2/h28H,3-27H2,1-2H3,(H,30,33). The van der Waals surface area contributed by atoms with Crippen molar-refractivity contribution in [1.29, 1.82) is 0 Å². The first-order valence-corrected chi connectivity index (χ1v) is 14.8. The van der Waals surface area contributed by atoms with E-state index in [0.29, 0.717) is 19.7 Å². The molecule has 5 heteroatoms. The van der Waals surface area contributed by atoms with Gasteiger partial charge in [-0.1, -0.05) is 129 Å². The first-order valence-electron chi connectivity index (χ1n) is 14.8. The van der Waals surface area contributed by atoms with E-state index in [1.54, 1.807) is 4.90 Å². The van der Waals surface area contributed by atoms with Crippen molar-refractivity contribution in [3.05, 3.63) is 0 Å². The minimum atomic E-state index is -0.0956. The summed E-state index contributed by atoms with van der Waals surface area (Å²) in [5, 5.41) is 2.86. The van der Waals surface area contributed by atoms with Crippen molar-refractivity contribution < 1.29 is 14.3 Å². The number of nitrogens with one attached hydrogen (secondary N) is 1. The Morgan fingerprint density at radius 1 is 0.647 bits per heavy atom. The number of unbranched alkanes of at least 4 members (excludes halogenated alkanes) is 18. The smallest absolute Gasteiger partial charge is 0.239 e. The van der Waals surface area contributed by atoms with Crippen LogP contribution in [0.25, 0.3) is 0 Å². The molecule has 0 fully saturated rings. The van der Waals surface area contributed by atoms with Gasteiger partial charge in [0.05, 0.1) is 13.2 Å². The number of rotatable bonds is 28. The molecule has 0 aliphatic heterocycles. The van der Waals surface area contributed by atoms with Crippen molar-refractivity contribution in [3.8, 4) is 0 Å². The second-order valence-corrected chi connectivity index (χ2v) is 9.90. The number of amides is 2. The van der Waals surface area contributed by atoms with E-state index < -0.39 is 0 Å². The highest BCUT2D eigenvalue weighted by atomic mass is 16.5. The Kier molecular flexibility index (Phi) is 27.2. The van der Waals surface area contributed by atoms with E-state index in [0.717, 1.165) is 32.3 Å². The molecule has 0 spiro atoms. The normalized spacial score (nSPS) is 11.0. The Balaban J connectivity index is 3.42. The molecular formula is C29H58N2O3. The lowest BCUT2D eigenvalue weighted by atomic mass is 10.1. The molecule has 0 aliphatic carbocycles. The van der Waals surface area contributed by atoms with Gasteiger partial charge in [0.25, 0.3) is 0 Å². The highest BCUT2D eigenvalue weighted by Crippen LogP contribution is 2.11. The van der Waals surface area contributed by atoms with Crippen LogP contribution in [-0.4, -0.2) is 50.1 Å². The Hall–Kier alpha value is -1.10. The van der Waals surface area contributed by atoms with Gasteiger partial charge in [-0.25, -0.2) is 0 Å². The molecular weight excluding hydrogens is 424 g/mol. The van der Waals surface area contributed by atoms with Gasteiger partial charge in [-0.3, -0.25) is 9.59 Å². The fourth-order valence-electron chi connectivity index (χ4n) is 4.27. The van der Waals surface area contributed by atoms with Gasteiger partial charge < -0.3 is 15.0 Å². The Bertz CT molecular complexity index is 432. The van der Waals surface area contributed by atoms with Crippen LogP contribution in [0.1, 0.15) is 142 Å². The van der Waals surface area contributed by atoms with Crippen LogP contribution in [0.15, 0.2) is 0 Å². The van der Waals surface area contributed by atoms with Crippen molar-refractivity contribution in [3.63, 3.8) is 0 Å². The summed E-state index contributed by atoms with van der Waals surface area (Å²) >= 11 is 0. The average molecular weight is 483 g/mol. The highest BCUT2D eigenvalue weighted by Gasteiger charge is 2.08. The van der Waals surface area contributed by atoms with Crippen LogP contribution in [0.2, 0.25) is 0 Å². The van der Waals surface area contributed by atoms with Crippen LogP contribution < -0.4 is 5.32 Å². The van der Waals surface area contributed by atoms with E-state index in [-0.39, 0.29) is 12.5 Å². The predicted octanol–water partition coefficient (Wildman–Crippen LogP) is 7.42. The molecule has 0 unspecified atom stereocenters. The number of hydrogen-bond donors (Lipinski definition) is 1.